The normalized spacial score (nSPS) is 12.8. The van der Waals surface area contributed by atoms with Gasteiger partial charge in [0.2, 0.25) is 0 Å². The van der Waals surface area contributed by atoms with Crippen molar-refractivity contribution in [1.82, 2.24) is 4.57 Å². The molecule has 0 unspecified atom stereocenters. The molecular weight excluding hydrogens is 384 g/mol. The Bertz CT molecular complexity index is 952. The average Bonchev–Trinajstić information content (AvgIpc) is 3.03. The minimum Gasteiger partial charge on any atom is -0.488 e. The highest BCUT2D eigenvalue weighted by molar-refractivity contribution is 5.86. The monoisotopic (exact) mass is 401 g/mol. The predicted molar refractivity (Wildman–Crippen MR) is 93.1 cm³/mol. The first-order chi connectivity index (χ1) is 13.0. The van der Waals surface area contributed by atoms with Crippen molar-refractivity contribution in [2.75, 3.05) is 0 Å². The van der Waals surface area contributed by atoms with Crippen LogP contribution in [0.1, 0.15) is 36.6 Å². The van der Waals surface area contributed by atoms with Gasteiger partial charge in [-0.1, -0.05) is 6.07 Å². The summed E-state index contributed by atoms with van der Waals surface area (Å²) < 4.78 is 85.4. The molecule has 0 aliphatic heterocycles. The first-order valence-electron chi connectivity index (χ1n) is 8.47. The minimum atomic E-state index is -4.88. The van der Waals surface area contributed by atoms with E-state index in [0.717, 1.165) is 10.9 Å². The highest BCUT2D eigenvalue weighted by Gasteiger charge is 2.36. The summed E-state index contributed by atoms with van der Waals surface area (Å²) in [5.74, 6) is 0.392. The Morgan fingerprint density at radius 1 is 0.893 bits per heavy atom. The molecule has 2 aromatic carbocycles. The Morgan fingerprint density at radius 3 is 2.04 bits per heavy atom. The SMILES string of the molecule is CC(C)n1ccc2c(OCc3cc(C(F)(F)F)cc(C(F)(F)F)c3)cccc21. The van der Waals surface area contributed by atoms with Crippen molar-refractivity contribution >= 4 is 10.9 Å². The molecular formula is C20H17F6NO. The highest BCUT2D eigenvalue weighted by Crippen LogP contribution is 2.37. The highest BCUT2D eigenvalue weighted by atomic mass is 19.4. The van der Waals surface area contributed by atoms with Crippen molar-refractivity contribution in [3.05, 3.63) is 65.4 Å². The number of rotatable bonds is 4. The van der Waals surface area contributed by atoms with Gasteiger partial charge in [-0.15, -0.1) is 0 Å². The molecule has 0 aliphatic carbocycles. The van der Waals surface area contributed by atoms with Crippen LogP contribution in [0.4, 0.5) is 26.3 Å². The molecule has 1 aromatic heterocycles. The van der Waals surface area contributed by atoms with Crippen LogP contribution >= 0.6 is 0 Å². The Labute approximate surface area is 157 Å². The van der Waals surface area contributed by atoms with E-state index in [9.17, 15) is 26.3 Å². The zero-order valence-electron chi connectivity index (χ0n) is 15.0. The molecule has 0 atom stereocenters. The third-order valence-corrected chi connectivity index (χ3v) is 4.32. The van der Waals surface area contributed by atoms with Crippen molar-refractivity contribution in [3.8, 4) is 5.75 Å². The summed E-state index contributed by atoms with van der Waals surface area (Å²) in [5.41, 5.74) is -2.05. The van der Waals surface area contributed by atoms with Crippen molar-refractivity contribution < 1.29 is 31.1 Å². The largest absolute Gasteiger partial charge is 0.488 e. The van der Waals surface area contributed by atoms with E-state index in [1.54, 1.807) is 18.2 Å². The smallest absolute Gasteiger partial charge is 0.416 e. The summed E-state index contributed by atoms with van der Waals surface area (Å²) in [4.78, 5) is 0. The van der Waals surface area contributed by atoms with Gasteiger partial charge in [0.15, 0.2) is 0 Å². The van der Waals surface area contributed by atoms with Gasteiger partial charge in [0.25, 0.3) is 0 Å². The van der Waals surface area contributed by atoms with Crippen molar-refractivity contribution in [2.24, 2.45) is 0 Å². The molecule has 0 saturated carbocycles. The van der Waals surface area contributed by atoms with E-state index in [-0.39, 0.29) is 17.7 Å². The van der Waals surface area contributed by atoms with E-state index in [4.69, 9.17) is 4.74 Å². The number of hydrogen-bond acceptors (Lipinski definition) is 1. The molecule has 0 radical (unpaired) electrons. The average molecular weight is 401 g/mol. The number of fused-ring (bicyclic) bond motifs is 1. The fraction of sp³-hybridized carbons (Fsp3) is 0.300. The van der Waals surface area contributed by atoms with Gasteiger partial charge in [-0.05, 0) is 55.8 Å². The van der Waals surface area contributed by atoms with Gasteiger partial charge in [-0.3, -0.25) is 0 Å². The second-order valence-corrected chi connectivity index (χ2v) is 6.71. The maximum absolute atomic E-state index is 13.0. The van der Waals surface area contributed by atoms with Crippen LogP contribution in [0, 0.1) is 0 Å². The number of ether oxygens (including phenoxy) is 1. The van der Waals surface area contributed by atoms with Gasteiger partial charge in [0, 0.05) is 17.6 Å². The lowest BCUT2D eigenvalue weighted by Crippen LogP contribution is -2.12. The number of hydrogen-bond donors (Lipinski definition) is 0. The van der Waals surface area contributed by atoms with Crippen LogP contribution in [-0.4, -0.2) is 4.57 Å². The molecule has 0 spiro atoms. The van der Waals surface area contributed by atoms with Crippen LogP contribution in [0.25, 0.3) is 10.9 Å². The number of halogens is 6. The summed E-state index contributed by atoms with van der Waals surface area (Å²) in [6.45, 7) is 3.57. The zero-order valence-corrected chi connectivity index (χ0v) is 15.0. The standard InChI is InChI=1S/C20H17F6NO/c1-12(2)27-7-6-16-17(27)4-3-5-18(16)28-11-13-8-14(19(21,22)23)10-15(9-13)20(24,25)26/h3-10,12H,11H2,1-2H3. The van der Waals surface area contributed by atoms with E-state index in [1.165, 1.54) is 0 Å². The Hall–Kier alpha value is -2.64. The molecule has 28 heavy (non-hydrogen) atoms. The topological polar surface area (TPSA) is 14.2 Å². The Morgan fingerprint density at radius 2 is 1.50 bits per heavy atom. The Kier molecular flexibility index (Phi) is 5.08. The summed E-state index contributed by atoms with van der Waals surface area (Å²) in [7, 11) is 0. The van der Waals surface area contributed by atoms with Gasteiger partial charge in [-0.2, -0.15) is 26.3 Å². The molecule has 0 amide bonds. The zero-order chi connectivity index (χ0) is 20.7. The molecule has 0 N–H and O–H groups in total. The van der Waals surface area contributed by atoms with E-state index in [1.807, 2.05) is 30.7 Å². The fourth-order valence-corrected chi connectivity index (χ4v) is 3.00. The summed E-state index contributed by atoms with van der Waals surface area (Å²) in [5, 5.41) is 0.735. The second-order valence-electron chi connectivity index (χ2n) is 6.71. The first kappa shape index (κ1) is 20.1. The molecule has 150 valence electrons. The molecule has 2 nitrogen and oxygen atoms in total. The van der Waals surface area contributed by atoms with Crippen LogP contribution < -0.4 is 4.74 Å². The minimum absolute atomic E-state index is 0.104. The fourth-order valence-electron chi connectivity index (χ4n) is 3.00. The molecule has 3 aromatic rings. The molecule has 8 heteroatoms. The molecule has 1 heterocycles. The third kappa shape index (κ3) is 4.10. The maximum Gasteiger partial charge on any atom is 0.416 e. The van der Waals surface area contributed by atoms with E-state index in [0.29, 0.717) is 17.9 Å². The Balaban J connectivity index is 1.94. The first-order valence-corrected chi connectivity index (χ1v) is 8.47. The second kappa shape index (κ2) is 7.07. The predicted octanol–water partition coefficient (Wildman–Crippen LogP) is 6.84. The lowest BCUT2D eigenvalue weighted by Gasteiger charge is -2.15. The quantitative estimate of drug-likeness (QED) is 0.437. The van der Waals surface area contributed by atoms with Gasteiger partial charge in [0.05, 0.1) is 16.6 Å². The van der Waals surface area contributed by atoms with Gasteiger partial charge >= 0.3 is 12.4 Å². The van der Waals surface area contributed by atoms with E-state index in [2.05, 4.69) is 0 Å². The molecule has 0 aliphatic rings. The number of aromatic nitrogens is 1. The summed E-state index contributed by atoms with van der Waals surface area (Å²) in [6, 6.07) is 8.67. The summed E-state index contributed by atoms with van der Waals surface area (Å²) in [6.07, 6.45) is -7.91. The van der Waals surface area contributed by atoms with Crippen molar-refractivity contribution in [2.45, 2.75) is 38.8 Å². The van der Waals surface area contributed by atoms with Gasteiger partial charge < -0.3 is 9.30 Å². The molecule has 0 fully saturated rings. The maximum atomic E-state index is 13.0. The molecule has 0 bridgehead atoms. The lowest BCUT2D eigenvalue weighted by molar-refractivity contribution is -0.143. The third-order valence-electron chi connectivity index (χ3n) is 4.32. The van der Waals surface area contributed by atoms with Crippen LogP contribution in [0.5, 0.6) is 5.75 Å². The van der Waals surface area contributed by atoms with E-state index < -0.39 is 30.1 Å². The number of alkyl halides is 6. The van der Waals surface area contributed by atoms with Crippen molar-refractivity contribution in [3.63, 3.8) is 0 Å². The van der Waals surface area contributed by atoms with Crippen molar-refractivity contribution in [1.29, 1.82) is 0 Å². The number of nitrogens with zero attached hydrogens (tertiary/aromatic N) is 1. The van der Waals surface area contributed by atoms with Crippen LogP contribution in [-0.2, 0) is 19.0 Å². The molecule has 3 rings (SSSR count). The number of benzene rings is 2. The van der Waals surface area contributed by atoms with Gasteiger partial charge in [-0.25, -0.2) is 0 Å². The molecule has 0 saturated heterocycles. The van der Waals surface area contributed by atoms with E-state index >= 15 is 0 Å². The van der Waals surface area contributed by atoms with Crippen LogP contribution in [0.3, 0.4) is 0 Å². The van der Waals surface area contributed by atoms with Crippen LogP contribution in [0.15, 0.2) is 48.7 Å². The van der Waals surface area contributed by atoms with Crippen LogP contribution in [0.2, 0.25) is 0 Å². The summed E-state index contributed by atoms with van der Waals surface area (Å²) >= 11 is 0. The lowest BCUT2D eigenvalue weighted by atomic mass is 10.1. The van der Waals surface area contributed by atoms with Gasteiger partial charge in [0.1, 0.15) is 12.4 Å².